The Bertz CT molecular complexity index is 584. The van der Waals surface area contributed by atoms with Gasteiger partial charge in [-0.1, -0.05) is 22.0 Å². The topological polar surface area (TPSA) is 18.5 Å². The second-order valence-corrected chi connectivity index (χ2v) is 5.08. The average Bonchev–Trinajstić information content (AvgIpc) is 2.38. The van der Waals surface area contributed by atoms with Gasteiger partial charge < -0.3 is 9.47 Å². The maximum atomic E-state index is 13.5. The largest absolute Gasteiger partial charge is 0.494 e. The van der Waals surface area contributed by atoms with Crippen LogP contribution in [0.2, 0.25) is 0 Å². The van der Waals surface area contributed by atoms with Gasteiger partial charge in [0.1, 0.15) is 12.4 Å². The van der Waals surface area contributed by atoms with Crippen molar-refractivity contribution in [3.05, 3.63) is 57.8 Å². The zero-order chi connectivity index (χ0) is 13.8. The number of hydrogen-bond donors (Lipinski definition) is 0. The van der Waals surface area contributed by atoms with E-state index in [4.69, 9.17) is 9.47 Å². The van der Waals surface area contributed by atoms with Crippen LogP contribution in [-0.4, -0.2) is 7.11 Å². The highest BCUT2D eigenvalue weighted by molar-refractivity contribution is 9.10. The SMILES string of the molecule is COc1ccc(COc2ccc(Br)cc2C)cc1F. The average molecular weight is 325 g/mol. The molecule has 2 nitrogen and oxygen atoms in total. The smallest absolute Gasteiger partial charge is 0.165 e. The van der Waals surface area contributed by atoms with Crippen molar-refractivity contribution < 1.29 is 13.9 Å². The summed E-state index contributed by atoms with van der Waals surface area (Å²) in [5.41, 5.74) is 1.80. The fourth-order valence-electron chi connectivity index (χ4n) is 1.74. The normalized spacial score (nSPS) is 10.3. The summed E-state index contributed by atoms with van der Waals surface area (Å²) in [7, 11) is 1.44. The molecule has 0 N–H and O–H groups in total. The van der Waals surface area contributed by atoms with Gasteiger partial charge in [0.15, 0.2) is 11.6 Å². The van der Waals surface area contributed by atoms with Crippen molar-refractivity contribution in [1.29, 1.82) is 0 Å². The van der Waals surface area contributed by atoms with E-state index < -0.39 is 0 Å². The number of ether oxygens (including phenoxy) is 2. The zero-order valence-electron chi connectivity index (χ0n) is 10.7. The van der Waals surface area contributed by atoms with Crippen molar-refractivity contribution in [1.82, 2.24) is 0 Å². The molecule has 4 heteroatoms. The minimum absolute atomic E-state index is 0.239. The van der Waals surface area contributed by atoms with E-state index in [0.29, 0.717) is 6.61 Å². The van der Waals surface area contributed by atoms with Crippen molar-refractivity contribution in [3.63, 3.8) is 0 Å². The lowest BCUT2D eigenvalue weighted by molar-refractivity contribution is 0.302. The summed E-state index contributed by atoms with van der Waals surface area (Å²) in [6.07, 6.45) is 0. The van der Waals surface area contributed by atoms with Gasteiger partial charge in [0.2, 0.25) is 0 Å². The first-order valence-corrected chi connectivity index (χ1v) is 6.61. The Kier molecular flexibility index (Phi) is 4.43. The summed E-state index contributed by atoms with van der Waals surface area (Å²) in [5.74, 6) is 0.652. The lowest BCUT2D eigenvalue weighted by Crippen LogP contribution is -1.98. The summed E-state index contributed by atoms with van der Waals surface area (Å²) in [6, 6.07) is 10.6. The zero-order valence-corrected chi connectivity index (χ0v) is 12.3. The van der Waals surface area contributed by atoms with Crippen LogP contribution in [0.4, 0.5) is 4.39 Å². The van der Waals surface area contributed by atoms with E-state index in [2.05, 4.69) is 15.9 Å². The second kappa shape index (κ2) is 6.06. The number of aryl methyl sites for hydroxylation is 1. The third-order valence-corrected chi connectivity index (χ3v) is 3.24. The molecule has 0 aliphatic rings. The molecule has 0 unspecified atom stereocenters. The molecule has 2 aromatic rings. The third kappa shape index (κ3) is 3.47. The van der Waals surface area contributed by atoms with Crippen LogP contribution in [0.15, 0.2) is 40.9 Å². The number of halogens is 2. The Labute approximate surface area is 120 Å². The molecule has 0 fully saturated rings. The predicted molar refractivity (Wildman–Crippen MR) is 76.2 cm³/mol. The molecule has 0 heterocycles. The molecule has 2 rings (SSSR count). The van der Waals surface area contributed by atoms with Gasteiger partial charge in [0.05, 0.1) is 7.11 Å². The van der Waals surface area contributed by atoms with Crippen LogP contribution < -0.4 is 9.47 Å². The fraction of sp³-hybridized carbons (Fsp3) is 0.200. The monoisotopic (exact) mass is 324 g/mol. The highest BCUT2D eigenvalue weighted by Crippen LogP contribution is 2.24. The van der Waals surface area contributed by atoms with Crippen LogP contribution in [0.25, 0.3) is 0 Å². The highest BCUT2D eigenvalue weighted by atomic mass is 79.9. The van der Waals surface area contributed by atoms with Gasteiger partial charge in [-0.05, 0) is 48.4 Å². The first-order valence-electron chi connectivity index (χ1n) is 5.81. The van der Waals surface area contributed by atoms with Crippen molar-refractivity contribution in [3.8, 4) is 11.5 Å². The quantitative estimate of drug-likeness (QED) is 0.825. The van der Waals surface area contributed by atoms with Gasteiger partial charge in [0, 0.05) is 4.47 Å². The molecule has 0 aromatic heterocycles. The van der Waals surface area contributed by atoms with Crippen LogP contribution >= 0.6 is 15.9 Å². The number of rotatable bonds is 4. The molecule has 0 spiro atoms. The summed E-state index contributed by atoms with van der Waals surface area (Å²) in [4.78, 5) is 0. The van der Waals surface area contributed by atoms with E-state index >= 15 is 0 Å². The van der Waals surface area contributed by atoms with Gasteiger partial charge in [-0.3, -0.25) is 0 Å². The van der Waals surface area contributed by atoms with Gasteiger partial charge >= 0.3 is 0 Å². The van der Waals surface area contributed by atoms with Gasteiger partial charge in [0.25, 0.3) is 0 Å². The van der Waals surface area contributed by atoms with Crippen LogP contribution in [0, 0.1) is 12.7 Å². The molecule has 19 heavy (non-hydrogen) atoms. The van der Waals surface area contributed by atoms with E-state index in [9.17, 15) is 4.39 Å². The fourth-order valence-corrected chi connectivity index (χ4v) is 2.21. The molecule has 0 aliphatic carbocycles. The lowest BCUT2D eigenvalue weighted by atomic mass is 10.2. The minimum Gasteiger partial charge on any atom is -0.494 e. The van der Waals surface area contributed by atoms with Crippen LogP contribution in [0.3, 0.4) is 0 Å². The third-order valence-electron chi connectivity index (χ3n) is 2.75. The first-order chi connectivity index (χ1) is 9.10. The van der Waals surface area contributed by atoms with E-state index in [1.165, 1.54) is 13.2 Å². The predicted octanol–water partition coefficient (Wildman–Crippen LogP) is 4.48. The first kappa shape index (κ1) is 13.9. The lowest BCUT2D eigenvalue weighted by Gasteiger charge is -2.10. The van der Waals surface area contributed by atoms with Crippen molar-refractivity contribution in [2.45, 2.75) is 13.5 Å². The summed E-state index contributed by atoms with van der Waals surface area (Å²) >= 11 is 3.40. The minimum atomic E-state index is -0.379. The Morgan fingerprint density at radius 1 is 1.11 bits per heavy atom. The van der Waals surface area contributed by atoms with E-state index in [-0.39, 0.29) is 11.6 Å². The Balaban J connectivity index is 2.08. The molecule has 0 bridgehead atoms. The molecule has 0 aliphatic heterocycles. The molecular formula is C15H14BrFO2. The molecule has 0 radical (unpaired) electrons. The van der Waals surface area contributed by atoms with E-state index in [1.54, 1.807) is 12.1 Å². The molecule has 100 valence electrons. The Morgan fingerprint density at radius 2 is 1.84 bits per heavy atom. The van der Waals surface area contributed by atoms with E-state index in [1.807, 2.05) is 25.1 Å². The number of methoxy groups -OCH3 is 1. The van der Waals surface area contributed by atoms with Crippen molar-refractivity contribution in [2.24, 2.45) is 0 Å². The van der Waals surface area contributed by atoms with Gasteiger partial charge in [-0.2, -0.15) is 0 Å². The molecular weight excluding hydrogens is 311 g/mol. The summed E-state index contributed by atoms with van der Waals surface area (Å²) in [6.45, 7) is 2.29. The molecule has 0 atom stereocenters. The molecule has 0 amide bonds. The van der Waals surface area contributed by atoms with Crippen LogP contribution in [-0.2, 0) is 6.61 Å². The van der Waals surface area contributed by atoms with Crippen LogP contribution in [0.1, 0.15) is 11.1 Å². The standard InChI is InChI=1S/C15H14BrFO2/c1-10-7-12(16)4-6-14(10)19-9-11-3-5-15(18-2)13(17)8-11/h3-8H,9H2,1-2H3. The molecule has 2 aromatic carbocycles. The van der Waals surface area contributed by atoms with E-state index in [0.717, 1.165) is 21.3 Å². The second-order valence-electron chi connectivity index (χ2n) is 4.17. The maximum Gasteiger partial charge on any atom is 0.165 e. The van der Waals surface area contributed by atoms with Crippen molar-refractivity contribution >= 4 is 15.9 Å². The molecule has 0 saturated carbocycles. The van der Waals surface area contributed by atoms with Crippen LogP contribution in [0.5, 0.6) is 11.5 Å². The Morgan fingerprint density at radius 3 is 2.47 bits per heavy atom. The van der Waals surface area contributed by atoms with Gasteiger partial charge in [-0.25, -0.2) is 4.39 Å². The maximum absolute atomic E-state index is 13.5. The van der Waals surface area contributed by atoms with Crippen molar-refractivity contribution in [2.75, 3.05) is 7.11 Å². The number of hydrogen-bond acceptors (Lipinski definition) is 2. The summed E-state index contributed by atoms with van der Waals surface area (Å²) in [5, 5.41) is 0. The summed E-state index contributed by atoms with van der Waals surface area (Å²) < 4.78 is 25.1. The highest BCUT2D eigenvalue weighted by Gasteiger charge is 2.05. The number of benzene rings is 2. The molecule has 0 saturated heterocycles. The Hall–Kier alpha value is -1.55. The van der Waals surface area contributed by atoms with Gasteiger partial charge in [-0.15, -0.1) is 0 Å².